The van der Waals surface area contributed by atoms with Crippen LogP contribution >= 0.6 is 11.6 Å². The van der Waals surface area contributed by atoms with Gasteiger partial charge >= 0.3 is 0 Å². The minimum absolute atomic E-state index is 0.542. The van der Waals surface area contributed by atoms with Crippen LogP contribution in [0.25, 0.3) is 17.1 Å². The van der Waals surface area contributed by atoms with Gasteiger partial charge in [-0.05, 0) is 47.7 Å². The van der Waals surface area contributed by atoms with Crippen molar-refractivity contribution >= 4 is 17.3 Å². The van der Waals surface area contributed by atoms with Gasteiger partial charge in [0.15, 0.2) is 5.82 Å². The van der Waals surface area contributed by atoms with Crippen molar-refractivity contribution in [1.29, 1.82) is 0 Å². The lowest BCUT2D eigenvalue weighted by Crippen LogP contribution is -2.01. The monoisotopic (exact) mass is 285 g/mol. The van der Waals surface area contributed by atoms with E-state index in [4.69, 9.17) is 17.3 Å². The van der Waals surface area contributed by atoms with Crippen LogP contribution in [0.3, 0.4) is 0 Å². The average Bonchev–Trinajstić information content (AvgIpc) is 2.88. The van der Waals surface area contributed by atoms with E-state index in [1.54, 1.807) is 16.8 Å². The third kappa shape index (κ3) is 2.23. The SMILES string of the molecule is Cc1ccc(-n2nnnc2-c2ccc(Cl)cc2N)cc1. The van der Waals surface area contributed by atoms with Gasteiger partial charge in [0.25, 0.3) is 0 Å². The second-order valence-electron chi connectivity index (χ2n) is 4.48. The lowest BCUT2D eigenvalue weighted by atomic mass is 10.1. The zero-order valence-corrected chi connectivity index (χ0v) is 11.5. The molecule has 0 spiro atoms. The van der Waals surface area contributed by atoms with E-state index in [0.717, 1.165) is 11.3 Å². The number of aromatic nitrogens is 4. The number of nitrogens with two attached hydrogens (primary N) is 1. The van der Waals surface area contributed by atoms with Crippen molar-refractivity contribution in [2.45, 2.75) is 6.92 Å². The number of halogens is 1. The van der Waals surface area contributed by atoms with Gasteiger partial charge in [-0.2, -0.15) is 4.68 Å². The molecule has 0 fully saturated rings. The Hall–Kier alpha value is -2.40. The molecule has 5 nitrogen and oxygen atoms in total. The lowest BCUT2D eigenvalue weighted by Gasteiger charge is -2.07. The highest BCUT2D eigenvalue weighted by molar-refractivity contribution is 6.31. The summed E-state index contributed by atoms with van der Waals surface area (Å²) in [5.41, 5.74) is 9.34. The van der Waals surface area contributed by atoms with E-state index in [-0.39, 0.29) is 0 Å². The Morgan fingerprint density at radius 1 is 1.10 bits per heavy atom. The molecule has 6 heteroatoms. The number of anilines is 1. The summed E-state index contributed by atoms with van der Waals surface area (Å²) in [7, 11) is 0. The van der Waals surface area contributed by atoms with Crippen LogP contribution < -0.4 is 5.73 Å². The van der Waals surface area contributed by atoms with Crippen LogP contribution in [0.2, 0.25) is 5.02 Å². The van der Waals surface area contributed by atoms with Gasteiger partial charge in [0.1, 0.15) is 0 Å². The highest BCUT2D eigenvalue weighted by Gasteiger charge is 2.13. The topological polar surface area (TPSA) is 69.6 Å². The van der Waals surface area contributed by atoms with E-state index in [1.165, 1.54) is 5.56 Å². The first-order valence-corrected chi connectivity index (χ1v) is 6.44. The third-order valence-corrected chi connectivity index (χ3v) is 3.24. The minimum Gasteiger partial charge on any atom is -0.398 e. The van der Waals surface area contributed by atoms with E-state index >= 15 is 0 Å². The minimum atomic E-state index is 0.542. The Kier molecular flexibility index (Phi) is 3.12. The maximum absolute atomic E-state index is 5.99. The first-order chi connectivity index (χ1) is 9.65. The predicted octanol–water partition coefficient (Wildman–Crippen LogP) is 2.87. The number of hydrogen-bond donors (Lipinski definition) is 1. The second-order valence-corrected chi connectivity index (χ2v) is 4.92. The van der Waals surface area contributed by atoms with Crippen molar-refractivity contribution in [3.05, 3.63) is 53.1 Å². The van der Waals surface area contributed by atoms with Gasteiger partial charge in [0.2, 0.25) is 0 Å². The highest BCUT2D eigenvalue weighted by atomic mass is 35.5. The molecule has 3 rings (SSSR count). The van der Waals surface area contributed by atoms with Crippen LogP contribution in [-0.4, -0.2) is 20.2 Å². The summed E-state index contributed by atoms with van der Waals surface area (Å²) in [4.78, 5) is 0. The predicted molar refractivity (Wildman–Crippen MR) is 78.7 cm³/mol. The van der Waals surface area contributed by atoms with E-state index in [0.29, 0.717) is 16.5 Å². The molecule has 0 saturated heterocycles. The number of rotatable bonds is 2. The van der Waals surface area contributed by atoms with Crippen LogP contribution in [0.15, 0.2) is 42.5 Å². The van der Waals surface area contributed by atoms with Crippen molar-refractivity contribution in [3.63, 3.8) is 0 Å². The van der Waals surface area contributed by atoms with E-state index in [2.05, 4.69) is 15.5 Å². The molecular formula is C14H12ClN5. The molecule has 0 amide bonds. The number of aryl methyl sites for hydroxylation is 1. The van der Waals surface area contributed by atoms with Gasteiger partial charge < -0.3 is 5.73 Å². The molecule has 3 aromatic rings. The van der Waals surface area contributed by atoms with Crippen LogP contribution in [0.5, 0.6) is 0 Å². The maximum Gasteiger partial charge on any atom is 0.189 e. The number of nitrogens with zero attached hydrogens (tertiary/aromatic N) is 4. The van der Waals surface area contributed by atoms with E-state index < -0.39 is 0 Å². The highest BCUT2D eigenvalue weighted by Crippen LogP contribution is 2.27. The molecule has 0 aliphatic rings. The zero-order valence-electron chi connectivity index (χ0n) is 10.8. The Morgan fingerprint density at radius 2 is 1.85 bits per heavy atom. The molecule has 0 aliphatic carbocycles. The fraction of sp³-hybridized carbons (Fsp3) is 0.0714. The number of hydrogen-bond acceptors (Lipinski definition) is 4. The van der Waals surface area contributed by atoms with Crippen molar-refractivity contribution in [2.75, 3.05) is 5.73 Å². The summed E-state index contributed by atoms with van der Waals surface area (Å²) >= 11 is 5.91. The molecule has 2 N–H and O–H groups in total. The van der Waals surface area contributed by atoms with Gasteiger partial charge in [-0.25, -0.2) is 0 Å². The first-order valence-electron chi connectivity index (χ1n) is 6.06. The fourth-order valence-electron chi connectivity index (χ4n) is 1.95. The fourth-order valence-corrected chi connectivity index (χ4v) is 2.13. The smallest absolute Gasteiger partial charge is 0.189 e. The van der Waals surface area contributed by atoms with Gasteiger partial charge in [-0.15, -0.1) is 5.10 Å². The standard InChI is InChI=1S/C14H12ClN5/c1-9-2-5-11(6-3-9)20-14(17-18-19-20)12-7-4-10(15)8-13(12)16/h2-8H,16H2,1H3. The quantitative estimate of drug-likeness (QED) is 0.735. The molecule has 0 atom stereocenters. The van der Waals surface area contributed by atoms with Crippen molar-refractivity contribution < 1.29 is 0 Å². The number of nitrogen functional groups attached to an aromatic ring is 1. The number of benzene rings is 2. The van der Waals surface area contributed by atoms with Crippen LogP contribution in [0.1, 0.15) is 5.56 Å². The second kappa shape index (κ2) is 4.94. The van der Waals surface area contributed by atoms with Crippen LogP contribution in [0.4, 0.5) is 5.69 Å². The van der Waals surface area contributed by atoms with E-state index in [1.807, 2.05) is 37.3 Å². The Balaban J connectivity index is 2.12. The normalized spacial score (nSPS) is 10.7. The van der Waals surface area contributed by atoms with Gasteiger partial charge in [-0.1, -0.05) is 29.3 Å². The Bertz CT molecular complexity index is 749. The van der Waals surface area contributed by atoms with Crippen molar-refractivity contribution in [3.8, 4) is 17.1 Å². The first kappa shape index (κ1) is 12.6. The molecular weight excluding hydrogens is 274 g/mol. The summed E-state index contributed by atoms with van der Waals surface area (Å²) in [6.45, 7) is 2.03. The summed E-state index contributed by atoms with van der Waals surface area (Å²) in [6, 6.07) is 13.2. The molecule has 0 saturated carbocycles. The molecule has 0 radical (unpaired) electrons. The summed E-state index contributed by atoms with van der Waals surface area (Å²) < 4.78 is 1.65. The summed E-state index contributed by atoms with van der Waals surface area (Å²) in [6.07, 6.45) is 0. The molecule has 0 bridgehead atoms. The van der Waals surface area contributed by atoms with Crippen LogP contribution in [0, 0.1) is 6.92 Å². The average molecular weight is 286 g/mol. The van der Waals surface area contributed by atoms with Crippen LogP contribution in [-0.2, 0) is 0 Å². The molecule has 1 aromatic heterocycles. The van der Waals surface area contributed by atoms with Gasteiger partial charge in [0.05, 0.1) is 5.69 Å². The zero-order chi connectivity index (χ0) is 14.1. The number of tetrazole rings is 1. The van der Waals surface area contributed by atoms with Gasteiger partial charge in [-0.3, -0.25) is 0 Å². The summed E-state index contributed by atoms with van der Waals surface area (Å²) in [5.74, 6) is 0.586. The molecule has 20 heavy (non-hydrogen) atoms. The van der Waals surface area contributed by atoms with Crippen molar-refractivity contribution in [1.82, 2.24) is 20.2 Å². The molecule has 0 aliphatic heterocycles. The third-order valence-electron chi connectivity index (χ3n) is 3.00. The maximum atomic E-state index is 5.99. The largest absolute Gasteiger partial charge is 0.398 e. The van der Waals surface area contributed by atoms with E-state index in [9.17, 15) is 0 Å². The molecule has 1 heterocycles. The Morgan fingerprint density at radius 3 is 2.55 bits per heavy atom. The van der Waals surface area contributed by atoms with Gasteiger partial charge in [0, 0.05) is 16.3 Å². The summed E-state index contributed by atoms with van der Waals surface area (Å²) in [5, 5.41) is 12.4. The molecule has 2 aromatic carbocycles. The molecule has 100 valence electrons. The van der Waals surface area contributed by atoms with Crippen molar-refractivity contribution in [2.24, 2.45) is 0 Å². The lowest BCUT2D eigenvalue weighted by molar-refractivity contribution is 0.791. The molecule has 0 unspecified atom stereocenters. The Labute approximate surface area is 121 Å².